The molecule has 5 atom stereocenters. The molecule has 3 fully saturated rings. The molecule has 3 aliphatic rings. The van der Waals surface area contributed by atoms with Gasteiger partial charge in [-0.05, 0) is 86.7 Å². The van der Waals surface area contributed by atoms with Gasteiger partial charge in [0.05, 0.1) is 18.8 Å². The lowest BCUT2D eigenvalue weighted by molar-refractivity contribution is -0.165. The maximum atomic E-state index is 12.3. The molecule has 0 aliphatic heterocycles. The van der Waals surface area contributed by atoms with E-state index in [0.717, 1.165) is 49.7 Å². The Labute approximate surface area is 199 Å². The summed E-state index contributed by atoms with van der Waals surface area (Å²) in [6, 6.07) is 0. The zero-order valence-electron chi connectivity index (χ0n) is 21.1. The average Bonchev–Trinajstić information content (AvgIpc) is 3.11. The predicted molar refractivity (Wildman–Crippen MR) is 131 cm³/mol. The van der Waals surface area contributed by atoms with Crippen molar-refractivity contribution in [3.8, 4) is 0 Å². The van der Waals surface area contributed by atoms with Crippen LogP contribution < -0.4 is 0 Å². The highest BCUT2D eigenvalue weighted by atomic mass is 16.6. The summed E-state index contributed by atoms with van der Waals surface area (Å²) >= 11 is 0. The molecule has 0 radical (unpaired) electrons. The van der Waals surface area contributed by atoms with Crippen molar-refractivity contribution in [3.05, 3.63) is 35.5 Å². The molecule has 0 amide bonds. The topological polar surface area (TPSA) is 76.0 Å². The fourth-order valence-corrected chi connectivity index (χ4v) is 6.07. The third-order valence-corrected chi connectivity index (χ3v) is 8.82. The molecule has 0 spiro atoms. The Morgan fingerprint density at radius 2 is 1.97 bits per heavy atom. The van der Waals surface area contributed by atoms with Crippen molar-refractivity contribution in [2.24, 2.45) is 17.3 Å². The van der Waals surface area contributed by atoms with Gasteiger partial charge in [0.2, 0.25) is 0 Å². The molecular formula is C28H44O5. The van der Waals surface area contributed by atoms with Crippen molar-refractivity contribution in [2.75, 3.05) is 13.2 Å². The molecule has 0 heterocycles. The molecule has 3 rings (SSSR count). The molecule has 5 unspecified atom stereocenters. The van der Waals surface area contributed by atoms with E-state index in [1.54, 1.807) is 0 Å². The predicted octanol–water partition coefficient (Wildman–Crippen LogP) is 5.27. The minimum absolute atomic E-state index is 0.0222. The Kier molecular flexibility index (Phi) is 8.63. The van der Waals surface area contributed by atoms with Crippen LogP contribution in [0.15, 0.2) is 35.5 Å². The summed E-state index contributed by atoms with van der Waals surface area (Å²) in [6.07, 6.45) is 11.4. The molecule has 2 N–H and O–H groups in total. The van der Waals surface area contributed by atoms with Gasteiger partial charge < -0.3 is 19.7 Å². The van der Waals surface area contributed by atoms with Crippen molar-refractivity contribution in [1.29, 1.82) is 0 Å². The molecule has 0 aromatic carbocycles. The Bertz CT molecular complexity index is 777. The lowest BCUT2D eigenvalue weighted by Gasteiger charge is -2.42. The van der Waals surface area contributed by atoms with Crippen molar-refractivity contribution < 1.29 is 24.5 Å². The van der Waals surface area contributed by atoms with Crippen molar-refractivity contribution >= 4 is 5.97 Å². The highest BCUT2D eigenvalue weighted by Crippen LogP contribution is 2.57. The number of fused-ring (bicyclic) bond motifs is 1. The Hall–Kier alpha value is -1.43. The van der Waals surface area contributed by atoms with E-state index in [-0.39, 0.29) is 18.0 Å². The average molecular weight is 461 g/mol. The van der Waals surface area contributed by atoms with Gasteiger partial charge in [0.1, 0.15) is 12.2 Å². The van der Waals surface area contributed by atoms with E-state index in [0.29, 0.717) is 31.3 Å². The smallest absolute Gasteiger partial charge is 0.332 e. The van der Waals surface area contributed by atoms with E-state index in [1.807, 2.05) is 20.8 Å². The molecular weight excluding hydrogens is 416 g/mol. The van der Waals surface area contributed by atoms with Gasteiger partial charge >= 0.3 is 5.97 Å². The number of ether oxygens (including phenoxy) is 2. The maximum Gasteiger partial charge on any atom is 0.332 e. The van der Waals surface area contributed by atoms with E-state index >= 15 is 0 Å². The highest BCUT2D eigenvalue weighted by molar-refractivity contribution is 5.71. The van der Waals surface area contributed by atoms with Crippen LogP contribution in [-0.4, -0.2) is 47.2 Å². The van der Waals surface area contributed by atoms with Crippen LogP contribution >= 0.6 is 0 Å². The fraction of sp³-hybridized carbons (Fsp3) is 0.750. The SMILES string of the molecule is C=C1/C(=C/C=C2/CCCC3(C)C(COCC(=O)OC(C)(CC)CC)CCC23)CC(O)CC1O. The first kappa shape index (κ1) is 26.2. The summed E-state index contributed by atoms with van der Waals surface area (Å²) in [5.41, 5.74) is 2.93. The van der Waals surface area contributed by atoms with Crippen LogP contribution in [-0.2, 0) is 14.3 Å². The third kappa shape index (κ3) is 5.98. The molecule has 0 aromatic rings. The van der Waals surface area contributed by atoms with Crippen LogP contribution in [0.25, 0.3) is 0 Å². The third-order valence-electron chi connectivity index (χ3n) is 8.82. The van der Waals surface area contributed by atoms with Gasteiger partial charge in [0.25, 0.3) is 0 Å². The van der Waals surface area contributed by atoms with Crippen LogP contribution in [0.1, 0.15) is 85.5 Å². The number of aliphatic hydroxyl groups excluding tert-OH is 2. The standard InChI is InChI=1S/C28H44O5/c1-6-27(4,7-2)33-26(31)18-32-17-22-12-13-24-20(9-8-14-28(22,24)5)10-11-21-15-23(29)16-25(30)19(21)3/h10-11,22-25,29-30H,3,6-9,12-18H2,1-2,4-5H3/b20-10-,21-11+. The Morgan fingerprint density at radius 3 is 2.67 bits per heavy atom. The lowest BCUT2D eigenvalue weighted by atomic mass is 9.63. The quantitative estimate of drug-likeness (QED) is 0.483. The number of rotatable bonds is 8. The van der Waals surface area contributed by atoms with Gasteiger partial charge in [-0.2, -0.15) is 0 Å². The van der Waals surface area contributed by atoms with Crippen molar-refractivity contribution in [3.63, 3.8) is 0 Å². The summed E-state index contributed by atoms with van der Waals surface area (Å²) in [5, 5.41) is 20.2. The highest BCUT2D eigenvalue weighted by Gasteiger charge is 2.49. The number of hydrogen-bond donors (Lipinski definition) is 2. The van der Waals surface area contributed by atoms with Crippen molar-refractivity contribution in [2.45, 2.75) is 103 Å². The molecule has 5 nitrogen and oxygen atoms in total. The molecule has 0 saturated heterocycles. The zero-order valence-corrected chi connectivity index (χ0v) is 21.1. The molecule has 5 heteroatoms. The van der Waals surface area contributed by atoms with Crippen LogP contribution in [0.2, 0.25) is 0 Å². The van der Waals surface area contributed by atoms with E-state index in [2.05, 4.69) is 25.7 Å². The minimum Gasteiger partial charge on any atom is -0.458 e. The van der Waals surface area contributed by atoms with Crippen LogP contribution in [0.5, 0.6) is 0 Å². The second-order valence-corrected chi connectivity index (χ2v) is 10.9. The molecule has 186 valence electrons. The summed E-state index contributed by atoms with van der Waals surface area (Å²) in [5.74, 6) is 0.677. The van der Waals surface area contributed by atoms with Crippen molar-refractivity contribution in [1.82, 2.24) is 0 Å². The van der Waals surface area contributed by atoms with Crippen LogP contribution in [0, 0.1) is 17.3 Å². The van der Waals surface area contributed by atoms with Crippen LogP contribution in [0.4, 0.5) is 0 Å². The normalized spacial score (nSPS) is 35.2. The first-order valence-corrected chi connectivity index (χ1v) is 12.9. The second-order valence-electron chi connectivity index (χ2n) is 10.9. The van der Waals surface area contributed by atoms with Gasteiger partial charge in [-0.3, -0.25) is 0 Å². The number of hydrogen-bond acceptors (Lipinski definition) is 5. The Morgan fingerprint density at radius 1 is 1.24 bits per heavy atom. The number of aliphatic hydroxyl groups is 2. The summed E-state index contributed by atoms with van der Waals surface area (Å²) in [4.78, 5) is 12.3. The lowest BCUT2D eigenvalue weighted by Crippen LogP contribution is -2.36. The monoisotopic (exact) mass is 460 g/mol. The second kappa shape index (κ2) is 10.9. The van der Waals surface area contributed by atoms with Gasteiger partial charge in [0, 0.05) is 6.42 Å². The van der Waals surface area contributed by atoms with E-state index in [9.17, 15) is 15.0 Å². The minimum atomic E-state index is -0.651. The van der Waals surface area contributed by atoms with Gasteiger partial charge in [0.15, 0.2) is 0 Å². The number of esters is 1. The Balaban J connectivity index is 1.60. The summed E-state index contributed by atoms with van der Waals surface area (Å²) in [6.45, 7) is 13.1. The summed E-state index contributed by atoms with van der Waals surface area (Å²) < 4.78 is 11.5. The number of allylic oxidation sites excluding steroid dienone is 3. The summed E-state index contributed by atoms with van der Waals surface area (Å²) in [7, 11) is 0. The maximum absolute atomic E-state index is 12.3. The fourth-order valence-electron chi connectivity index (χ4n) is 6.07. The van der Waals surface area contributed by atoms with E-state index in [4.69, 9.17) is 9.47 Å². The number of carbonyl (C=O) groups is 1. The molecule has 3 saturated carbocycles. The zero-order chi connectivity index (χ0) is 24.2. The van der Waals surface area contributed by atoms with Gasteiger partial charge in [-0.15, -0.1) is 0 Å². The van der Waals surface area contributed by atoms with E-state index < -0.39 is 17.8 Å². The molecule has 3 aliphatic carbocycles. The molecule has 33 heavy (non-hydrogen) atoms. The van der Waals surface area contributed by atoms with Crippen LogP contribution in [0.3, 0.4) is 0 Å². The van der Waals surface area contributed by atoms with Gasteiger partial charge in [-0.1, -0.05) is 45.1 Å². The van der Waals surface area contributed by atoms with E-state index in [1.165, 1.54) is 12.0 Å². The van der Waals surface area contributed by atoms with Gasteiger partial charge in [-0.25, -0.2) is 4.79 Å². The number of carbonyl (C=O) groups excluding carboxylic acids is 1. The largest absolute Gasteiger partial charge is 0.458 e. The molecule has 0 bridgehead atoms. The molecule has 0 aromatic heterocycles. The first-order valence-electron chi connectivity index (χ1n) is 12.9. The first-order chi connectivity index (χ1) is 15.6.